The summed E-state index contributed by atoms with van der Waals surface area (Å²) in [7, 11) is 3.18. The summed E-state index contributed by atoms with van der Waals surface area (Å²) >= 11 is 0. The van der Waals surface area contributed by atoms with E-state index in [-0.39, 0.29) is 5.76 Å². The number of nitrogens with zero attached hydrogens (tertiary/aromatic N) is 2. The Morgan fingerprint density at radius 2 is 1.90 bits per heavy atom. The molecule has 0 saturated carbocycles. The number of rotatable bonds is 6. The van der Waals surface area contributed by atoms with Crippen molar-refractivity contribution in [1.82, 2.24) is 9.99 Å². The summed E-state index contributed by atoms with van der Waals surface area (Å²) in [6, 6.07) is 18.6. The molecule has 1 amide bonds. The number of aromatic nitrogens is 1. The molecule has 0 radical (unpaired) electrons. The standard InChI is InChI=1S/C22H19N3O4/c1-27-18-10-8-16(9-11-18)25-12-4-6-17(25)14-23-24-22(26)20-13-15-5-3-7-19(28-2)21(15)29-20/h3-14H,1-2H3,(H,24,26). The maximum atomic E-state index is 12.4. The molecule has 0 fully saturated rings. The van der Waals surface area contributed by atoms with Crippen molar-refractivity contribution < 1.29 is 18.7 Å². The molecule has 4 rings (SSSR count). The fourth-order valence-electron chi connectivity index (χ4n) is 3.00. The van der Waals surface area contributed by atoms with E-state index in [0.29, 0.717) is 11.3 Å². The maximum absolute atomic E-state index is 12.4. The van der Waals surface area contributed by atoms with Crippen molar-refractivity contribution in [3.63, 3.8) is 0 Å². The molecule has 0 saturated heterocycles. The quantitative estimate of drug-likeness (QED) is 0.399. The van der Waals surface area contributed by atoms with Crippen LogP contribution in [-0.2, 0) is 0 Å². The van der Waals surface area contributed by atoms with Crippen LogP contribution in [0.2, 0.25) is 0 Å². The molecule has 2 aromatic heterocycles. The lowest BCUT2D eigenvalue weighted by molar-refractivity contribution is 0.0929. The monoisotopic (exact) mass is 389 g/mol. The fourth-order valence-corrected chi connectivity index (χ4v) is 3.00. The van der Waals surface area contributed by atoms with Crippen LogP contribution in [0.1, 0.15) is 16.2 Å². The van der Waals surface area contributed by atoms with Crippen molar-refractivity contribution in [3.8, 4) is 17.2 Å². The van der Waals surface area contributed by atoms with E-state index in [9.17, 15) is 4.79 Å². The molecule has 2 aromatic carbocycles. The Hall–Kier alpha value is -4.00. The Bertz CT molecular complexity index is 1170. The number of ether oxygens (including phenoxy) is 2. The summed E-state index contributed by atoms with van der Waals surface area (Å²) in [4.78, 5) is 12.4. The van der Waals surface area contributed by atoms with E-state index in [0.717, 1.165) is 22.5 Å². The van der Waals surface area contributed by atoms with Crippen molar-refractivity contribution in [2.45, 2.75) is 0 Å². The number of carbonyl (C=O) groups is 1. The van der Waals surface area contributed by atoms with Gasteiger partial charge in [-0.15, -0.1) is 0 Å². The van der Waals surface area contributed by atoms with E-state index in [1.54, 1.807) is 32.6 Å². The maximum Gasteiger partial charge on any atom is 0.307 e. The lowest BCUT2D eigenvalue weighted by Gasteiger charge is -2.07. The van der Waals surface area contributed by atoms with Crippen molar-refractivity contribution in [3.05, 3.63) is 78.3 Å². The highest BCUT2D eigenvalue weighted by molar-refractivity contribution is 5.97. The predicted molar refractivity (Wildman–Crippen MR) is 110 cm³/mol. The molecular formula is C22H19N3O4. The van der Waals surface area contributed by atoms with Crippen LogP contribution < -0.4 is 14.9 Å². The van der Waals surface area contributed by atoms with Crippen LogP contribution in [0.25, 0.3) is 16.7 Å². The molecular weight excluding hydrogens is 370 g/mol. The Kier molecular flexibility index (Phi) is 5.03. The predicted octanol–water partition coefficient (Wildman–Crippen LogP) is 4.00. The number of fused-ring (bicyclic) bond motifs is 1. The van der Waals surface area contributed by atoms with Crippen LogP contribution in [0.4, 0.5) is 0 Å². The van der Waals surface area contributed by atoms with Gasteiger partial charge in [0.15, 0.2) is 17.1 Å². The minimum absolute atomic E-state index is 0.159. The highest BCUT2D eigenvalue weighted by Crippen LogP contribution is 2.28. The highest BCUT2D eigenvalue weighted by Gasteiger charge is 2.14. The first-order valence-corrected chi connectivity index (χ1v) is 8.91. The third kappa shape index (κ3) is 3.70. The minimum Gasteiger partial charge on any atom is -0.497 e. The Balaban J connectivity index is 1.49. The molecule has 0 aliphatic rings. The lowest BCUT2D eigenvalue weighted by atomic mass is 10.2. The molecule has 0 atom stereocenters. The van der Waals surface area contributed by atoms with Gasteiger partial charge >= 0.3 is 5.91 Å². The lowest BCUT2D eigenvalue weighted by Crippen LogP contribution is -2.17. The van der Waals surface area contributed by atoms with Gasteiger partial charge in [-0.3, -0.25) is 4.79 Å². The van der Waals surface area contributed by atoms with Gasteiger partial charge in [-0.1, -0.05) is 12.1 Å². The van der Waals surface area contributed by atoms with E-state index in [2.05, 4.69) is 10.5 Å². The van der Waals surface area contributed by atoms with E-state index in [1.165, 1.54) is 0 Å². The van der Waals surface area contributed by atoms with Crippen LogP contribution in [0.15, 0.2) is 76.4 Å². The minimum atomic E-state index is -0.443. The molecule has 0 unspecified atom stereocenters. The Morgan fingerprint density at radius 1 is 1.07 bits per heavy atom. The van der Waals surface area contributed by atoms with Gasteiger partial charge in [-0.2, -0.15) is 5.10 Å². The number of furan rings is 1. The summed E-state index contributed by atoms with van der Waals surface area (Å²) in [5.41, 5.74) is 4.78. The average Bonchev–Trinajstić information content (AvgIpc) is 3.40. The summed E-state index contributed by atoms with van der Waals surface area (Å²) in [5, 5.41) is 4.85. The van der Waals surface area contributed by atoms with Gasteiger partial charge in [0.2, 0.25) is 0 Å². The zero-order chi connectivity index (χ0) is 20.2. The third-order valence-electron chi connectivity index (χ3n) is 4.45. The molecule has 4 aromatic rings. The molecule has 0 aliphatic carbocycles. The van der Waals surface area contributed by atoms with Crippen LogP contribution >= 0.6 is 0 Å². The third-order valence-corrected chi connectivity index (χ3v) is 4.45. The normalized spacial score (nSPS) is 11.1. The molecule has 7 heteroatoms. The molecule has 1 N–H and O–H groups in total. The van der Waals surface area contributed by atoms with Crippen molar-refractivity contribution in [2.75, 3.05) is 14.2 Å². The molecule has 146 valence electrons. The molecule has 0 spiro atoms. The Labute approximate surface area is 167 Å². The van der Waals surface area contributed by atoms with E-state index in [1.807, 2.05) is 59.3 Å². The van der Waals surface area contributed by atoms with Gasteiger partial charge in [0.1, 0.15) is 5.75 Å². The van der Waals surface area contributed by atoms with E-state index >= 15 is 0 Å². The van der Waals surface area contributed by atoms with E-state index in [4.69, 9.17) is 13.9 Å². The number of nitrogens with one attached hydrogen (secondary N) is 1. The van der Waals surface area contributed by atoms with Gasteiger partial charge in [-0.05, 0) is 48.5 Å². The fraction of sp³-hybridized carbons (Fsp3) is 0.0909. The number of hydrogen-bond donors (Lipinski definition) is 1. The number of hydrazone groups is 1. The largest absolute Gasteiger partial charge is 0.497 e. The van der Waals surface area contributed by atoms with Crippen LogP contribution in [0.3, 0.4) is 0 Å². The SMILES string of the molecule is COc1ccc(-n2cccc2C=NNC(=O)c2cc3cccc(OC)c3o2)cc1. The molecule has 0 aliphatic heterocycles. The summed E-state index contributed by atoms with van der Waals surface area (Å²) in [5.74, 6) is 1.07. The van der Waals surface area contributed by atoms with Crippen LogP contribution in [0.5, 0.6) is 11.5 Å². The smallest absolute Gasteiger partial charge is 0.307 e. The average molecular weight is 389 g/mol. The van der Waals surface area contributed by atoms with Crippen LogP contribution in [0, 0.1) is 0 Å². The van der Waals surface area contributed by atoms with Gasteiger partial charge in [0.05, 0.1) is 26.1 Å². The second-order valence-corrected chi connectivity index (χ2v) is 6.19. The molecule has 29 heavy (non-hydrogen) atoms. The summed E-state index contributed by atoms with van der Waals surface area (Å²) in [6.07, 6.45) is 3.49. The zero-order valence-corrected chi connectivity index (χ0v) is 16.0. The number of carbonyl (C=O) groups excluding carboxylic acids is 1. The van der Waals surface area contributed by atoms with Crippen molar-refractivity contribution >= 4 is 23.1 Å². The topological polar surface area (TPSA) is 78.0 Å². The van der Waals surface area contributed by atoms with E-state index < -0.39 is 5.91 Å². The summed E-state index contributed by atoms with van der Waals surface area (Å²) < 4.78 is 18.0. The van der Waals surface area contributed by atoms with Crippen molar-refractivity contribution in [1.29, 1.82) is 0 Å². The molecule has 0 bridgehead atoms. The first kappa shape index (κ1) is 18.4. The number of methoxy groups -OCH3 is 2. The first-order valence-electron chi connectivity index (χ1n) is 8.91. The highest BCUT2D eigenvalue weighted by atomic mass is 16.5. The number of amides is 1. The molecule has 7 nitrogen and oxygen atoms in total. The Morgan fingerprint density at radius 3 is 2.66 bits per heavy atom. The first-order chi connectivity index (χ1) is 14.2. The van der Waals surface area contributed by atoms with Crippen molar-refractivity contribution in [2.24, 2.45) is 5.10 Å². The van der Waals surface area contributed by atoms with Gasteiger partial charge in [-0.25, -0.2) is 5.43 Å². The van der Waals surface area contributed by atoms with Gasteiger partial charge < -0.3 is 18.5 Å². The number of hydrogen-bond acceptors (Lipinski definition) is 5. The number of para-hydroxylation sites is 1. The molecule has 2 heterocycles. The van der Waals surface area contributed by atoms with Crippen LogP contribution in [-0.4, -0.2) is 30.9 Å². The summed E-state index contributed by atoms with van der Waals surface area (Å²) in [6.45, 7) is 0. The number of benzene rings is 2. The second-order valence-electron chi connectivity index (χ2n) is 6.19. The second kappa shape index (κ2) is 7.93. The van der Waals surface area contributed by atoms with Gasteiger partial charge in [0, 0.05) is 17.3 Å². The zero-order valence-electron chi connectivity index (χ0n) is 16.0. The van der Waals surface area contributed by atoms with Gasteiger partial charge in [0.25, 0.3) is 0 Å².